The predicted octanol–water partition coefficient (Wildman–Crippen LogP) is 2.83. The van der Waals surface area contributed by atoms with Crippen LogP contribution in [0, 0.1) is 0 Å². The molecule has 0 spiro atoms. The molecule has 0 saturated heterocycles. The number of aromatic nitrogens is 4. The molecule has 4 aromatic rings. The van der Waals surface area contributed by atoms with Crippen molar-refractivity contribution in [1.82, 2.24) is 20.4 Å². The Bertz CT molecular complexity index is 1550. The van der Waals surface area contributed by atoms with Crippen LogP contribution >= 0.6 is 15.9 Å². The van der Waals surface area contributed by atoms with Gasteiger partial charge in [-0.1, -0.05) is 15.9 Å². The summed E-state index contributed by atoms with van der Waals surface area (Å²) in [5, 5.41) is 14.8. The van der Waals surface area contributed by atoms with E-state index in [1.165, 1.54) is 7.11 Å². The summed E-state index contributed by atoms with van der Waals surface area (Å²) >= 11 is 3.33. The quantitative estimate of drug-likeness (QED) is 0.318. The third kappa shape index (κ3) is 7.00. The van der Waals surface area contributed by atoms with Crippen LogP contribution in [0.4, 0.5) is 0 Å². The molecule has 11 nitrogen and oxygen atoms in total. The zero-order valence-corrected chi connectivity index (χ0v) is 22.0. The normalized spacial score (nSPS) is 10.5. The highest BCUT2D eigenvalue weighted by Crippen LogP contribution is 2.21. The van der Waals surface area contributed by atoms with Crippen LogP contribution in [0.1, 0.15) is 25.2 Å². The van der Waals surface area contributed by atoms with Crippen molar-refractivity contribution in [3.63, 3.8) is 0 Å². The van der Waals surface area contributed by atoms with E-state index in [0.29, 0.717) is 51.9 Å². The number of esters is 2. The van der Waals surface area contributed by atoms with Crippen molar-refractivity contribution in [1.29, 1.82) is 0 Å². The van der Waals surface area contributed by atoms with Crippen LogP contribution in [0.3, 0.4) is 0 Å². The van der Waals surface area contributed by atoms with Gasteiger partial charge in [-0.3, -0.25) is 19.2 Å². The van der Waals surface area contributed by atoms with E-state index in [1.54, 1.807) is 50.2 Å². The zero-order chi connectivity index (χ0) is 26.9. The smallest absolute Gasteiger partial charge is 0.311 e. The number of rotatable bonds is 7. The van der Waals surface area contributed by atoms with E-state index in [0.717, 1.165) is 4.47 Å². The summed E-state index contributed by atoms with van der Waals surface area (Å²) in [5.41, 5.74) is 0.395. The van der Waals surface area contributed by atoms with Crippen LogP contribution < -0.4 is 15.9 Å². The van der Waals surface area contributed by atoms with Crippen molar-refractivity contribution in [2.24, 2.45) is 0 Å². The highest BCUT2D eigenvalue weighted by molar-refractivity contribution is 9.10. The molecule has 2 aromatic heterocycles. The molecule has 37 heavy (non-hydrogen) atoms. The Balaban J connectivity index is 0.000000206. The maximum Gasteiger partial charge on any atom is 0.311 e. The van der Waals surface area contributed by atoms with Crippen molar-refractivity contribution in [2.75, 3.05) is 20.3 Å². The summed E-state index contributed by atoms with van der Waals surface area (Å²) in [6.07, 6.45) is 0.0475. The first kappa shape index (κ1) is 27.5. The fraction of sp³-hybridized carbons (Fsp3) is 0.280. The number of halogens is 1. The van der Waals surface area contributed by atoms with E-state index < -0.39 is 0 Å². The molecule has 0 radical (unpaired) electrons. The lowest BCUT2D eigenvalue weighted by Crippen LogP contribution is -2.15. The molecule has 0 saturated carbocycles. The summed E-state index contributed by atoms with van der Waals surface area (Å²) in [7, 11) is 1.53. The number of benzene rings is 2. The standard InChI is InChI=1S/C13H14N2O4.C12H11BrN2O3/c1-3-19-12(16)7-11-10-6-8(18-2)4-5-9(10)13(17)15-14-11;1-2-18-11(16)6-10-9-5-7(13)3-4-8(9)12(17)15-14-10/h4-6H,3,7H2,1-2H3,(H,15,17);3-5H,2,6H2,1H3,(H,15,17). The minimum atomic E-state index is -0.383. The second-order valence-electron chi connectivity index (χ2n) is 7.56. The molecule has 0 fully saturated rings. The number of hydrogen-bond acceptors (Lipinski definition) is 9. The number of carbonyl (C=O) groups excluding carboxylic acids is 2. The van der Waals surface area contributed by atoms with E-state index in [4.69, 9.17) is 14.2 Å². The van der Waals surface area contributed by atoms with E-state index in [2.05, 4.69) is 36.3 Å². The second kappa shape index (κ2) is 12.8. The van der Waals surface area contributed by atoms with E-state index >= 15 is 0 Å². The molecule has 0 aliphatic rings. The highest BCUT2D eigenvalue weighted by Gasteiger charge is 2.13. The highest BCUT2D eigenvalue weighted by atomic mass is 79.9. The van der Waals surface area contributed by atoms with Crippen LogP contribution in [-0.4, -0.2) is 52.7 Å². The minimum absolute atomic E-state index is 0.00822. The molecule has 0 bridgehead atoms. The number of fused-ring (bicyclic) bond motifs is 2. The fourth-order valence-corrected chi connectivity index (χ4v) is 3.85. The number of hydrogen-bond donors (Lipinski definition) is 2. The van der Waals surface area contributed by atoms with Crippen molar-refractivity contribution in [3.8, 4) is 5.75 Å². The largest absolute Gasteiger partial charge is 0.497 e. The number of aromatic amines is 2. The van der Waals surface area contributed by atoms with Crippen LogP contribution in [0.2, 0.25) is 0 Å². The molecule has 2 N–H and O–H groups in total. The Hall–Kier alpha value is -4.06. The van der Waals surface area contributed by atoms with Crippen LogP contribution in [-0.2, 0) is 31.9 Å². The van der Waals surface area contributed by atoms with Crippen molar-refractivity contribution in [2.45, 2.75) is 26.7 Å². The van der Waals surface area contributed by atoms with Crippen molar-refractivity contribution >= 4 is 49.4 Å². The third-order valence-electron chi connectivity index (χ3n) is 5.14. The molecule has 0 aliphatic carbocycles. The molecule has 0 amide bonds. The van der Waals surface area contributed by atoms with Gasteiger partial charge < -0.3 is 14.2 Å². The topological polar surface area (TPSA) is 153 Å². The van der Waals surface area contributed by atoms with Gasteiger partial charge in [-0.2, -0.15) is 10.2 Å². The maximum atomic E-state index is 11.7. The van der Waals surface area contributed by atoms with Gasteiger partial charge in [0.15, 0.2) is 0 Å². The Kier molecular flexibility index (Phi) is 9.50. The Morgan fingerprint density at radius 2 is 1.27 bits per heavy atom. The second-order valence-corrected chi connectivity index (χ2v) is 8.48. The predicted molar refractivity (Wildman–Crippen MR) is 140 cm³/mol. The number of methoxy groups -OCH3 is 1. The van der Waals surface area contributed by atoms with Gasteiger partial charge >= 0.3 is 11.9 Å². The molecule has 0 unspecified atom stereocenters. The summed E-state index contributed by atoms with van der Waals surface area (Å²) in [4.78, 5) is 46.2. The van der Waals surface area contributed by atoms with Crippen LogP contribution in [0.5, 0.6) is 5.75 Å². The maximum absolute atomic E-state index is 11.7. The lowest BCUT2D eigenvalue weighted by atomic mass is 10.1. The lowest BCUT2D eigenvalue weighted by molar-refractivity contribution is -0.143. The van der Waals surface area contributed by atoms with Crippen LogP contribution in [0.25, 0.3) is 21.5 Å². The fourth-order valence-electron chi connectivity index (χ4n) is 3.48. The van der Waals surface area contributed by atoms with E-state index in [-0.39, 0.29) is 35.9 Å². The van der Waals surface area contributed by atoms with Gasteiger partial charge in [0.05, 0.1) is 55.3 Å². The van der Waals surface area contributed by atoms with Crippen LogP contribution in [0.15, 0.2) is 50.5 Å². The number of H-pyrrole nitrogens is 2. The summed E-state index contributed by atoms with van der Waals surface area (Å²) in [6, 6.07) is 10.2. The number of ether oxygens (including phenoxy) is 3. The van der Waals surface area contributed by atoms with Gasteiger partial charge in [-0.15, -0.1) is 0 Å². The summed E-state index contributed by atoms with van der Waals surface area (Å²) in [5.74, 6) is -0.144. The molecular formula is C25H25BrN4O7. The number of nitrogens with one attached hydrogen (secondary N) is 2. The van der Waals surface area contributed by atoms with Gasteiger partial charge in [0, 0.05) is 15.2 Å². The van der Waals surface area contributed by atoms with Crippen molar-refractivity contribution in [3.05, 3.63) is 73.0 Å². The molecule has 12 heteroatoms. The molecular weight excluding hydrogens is 548 g/mol. The van der Waals surface area contributed by atoms with E-state index in [9.17, 15) is 19.2 Å². The first-order chi connectivity index (χ1) is 17.8. The molecule has 194 valence electrons. The lowest BCUT2D eigenvalue weighted by Gasteiger charge is -2.06. The number of nitrogens with zero attached hydrogens (tertiary/aromatic N) is 2. The van der Waals surface area contributed by atoms with Gasteiger partial charge in [-0.05, 0) is 50.2 Å². The van der Waals surface area contributed by atoms with Crippen molar-refractivity contribution < 1.29 is 23.8 Å². The minimum Gasteiger partial charge on any atom is -0.497 e. The molecule has 0 aliphatic heterocycles. The first-order valence-electron chi connectivity index (χ1n) is 11.3. The van der Waals surface area contributed by atoms with Gasteiger partial charge in [0.25, 0.3) is 11.1 Å². The third-order valence-corrected chi connectivity index (χ3v) is 5.63. The average Bonchev–Trinajstić information content (AvgIpc) is 2.88. The van der Waals surface area contributed by atoms with Gasteiger partial charge in [-0.25, -0.2) is 10.2 Å². The SMILES string of the molecule is CCOC(=O)Cc1n[nH]c(=O)c2ccc(Br)cc12.CCOC(=O)Cc1n[nH]c(=O)c2ccc(OC)cc12. The Morgan fingerprint density at radius 3 is 1.76 bits per heavy atom. The molecule has 0 atom stereocenters. The first-order valence-corrected chi connectivity index (χ1v) is 12.1. The summed E-state index contributed by atoms with van der Waals surface area (Å²) in [6.45, 7) is 4.11. The average molecular weight is 573 g/mol. The monoisotopic (exact) mass is 572 g/mol. The Labute approximate surface area is 219 Å². The summed E-state index contributed by atoms with van der Waals surface area (Å²) < 4.78 is 15.7. The zero-order valence-electron chi connectivity index (χ0n) is 20.4. The van der Waals surface area contributed by atoms with E-state index in [1.807, 2.05) is 0 Å². The molecule has 2 aromatic carbocycles. The molecule has 4 rings (SSSR count). The Morgan fingerprint density at radius 1 is 0.784 bits per heavy atom. The molecule has 2 heterocycles. The number of carbonyl (C=O) groups is 2. The van der Waals surface area contributed by atoms with Gasteiger partial charge in [0.1, 0.15) is 5.75 Å². The van der Waals surface area contributed by atoms with Gasteiger partial charge in [0.2, 0.25) is 0 Å².